The fraction of sp³-hybridized carbons (Fsp3) is 0.368. The molecule has 1 fully saturated rings. The lowest BCUT2D eigenvalue weighted by Crippen LogP contribution is -2.57. The van der Waals surface area contributed by atoms with Crippen LogP contribution >= 0.6 is 0 Å². The van der Waals surface area contributed by atoms with Crippen molar-refractivity contribution in [1.82, 2.24) is 20.5 Å². The molecule has 2 heterocycles. The van der Waals surface area contributed by atoms with Gasteiger partial charge >= 0.3 is 6.18 Å². The standard InChI is InChI=1S/C19H21F3N4O2/c20-19(21,22)16(26-9-7-23-8-10-26)12-25-18(28)14-3-1-13(2-4-14)17(27)15-5-6-24-11-15/h1-6,11,16,23-24H,7-10,12H2,(H,25,28). The molecule has 1 unspecified atom stereocenters. The van der Waals surface area contributed by atoms with Gasteiger partial charge in [-0.3, -0.25) is 14.5 Å². The van der Waals surface area contributed by atoms with Gasteiger partial charge in [0.1, 0.15) is 6.04 Å². The fourth-order valence-electron chi connectivity index (χ4n) is 3.14. The van der Waals surface area contributed by atoms with Crippen LogP contribution in [-0.4, -0.2) is 66.5 Å². The first-order valence-corrected chi connectivity index (χ1v) is 8.93. The topological polar surface area (TPSA) is 77.2 Å². The number of nitrogens with zero attached hydrogens (tertiary/aromatic N) is 1. The van der Waals surface area contributed by atoms with Crippen LogP contribution in [0.5, 0.6) is 0 Å². The molecule has 0 radical (unpaired) electrons. The third-order valence-electron chi connectivity index (χ3n) is 4.70. The van der Waals surface area contributed by atoms with Gasteiger partial charge in [0.2, 0.25) is 0 Å². The second kappa shape index (κ2) is 8.57. The Kier molecular flexibility index (Phi) is 6.15. The van der Waals surface area contributed by atoms with Crippen molar-refractivity contribution in [2.24, 2.45) is 0 Å². The van der Waals surface area contributed by atoms with Crippen LogP contribution in [0.4, 0.5) is 13.2 Å². The molecule has 0 aliphatic carbocycles. The van der Waals surface area contributed by atoms with E-state index in [0.29, 0.717) is 24.2 Å². The molecule has 2 aromatic rings. The van der Waals surface area contributed by atoms with Crippen molar-refractivity contribution in [3.63, 3.8) is 0 Å². The Morgan fingerprint density at radius 2 is 1.68 bits per heavy atom. The van der Waals surface area contributed by atoms with Crippen LogP contribution in [0.2, 0.25) is 0 Å². The number of rotatable bonds is 6. The van der Waals surface area contributed by atoms with Crippen molar-refractivity contribution in [2.45, 2.75) is 12.2 Å². The van der Waals surface area contributed by atoms with E-state index in [1.54, 1.807) is 18.5 Å². The molecule has 1 amide bonds. The van der Waals surface area contributed by atoms with Crippen LogP contribution in [0.3, 0.4) is 0 Å². The van der Waals surface area contributed by atoms with E-state index in [0.717, 1.165) is 0 Å². The molecule has 28 heavy (non-hydrogen) atoms. The molecule has 1 aromatic carbocycles. The first-order chi connectivity index (χ1) is 13.4. The summed E-state index contributed by atoms with van der Waals surface area (Å²) in [5.41, 5.74) is 1.08. The summed E-state index contributed by atoms with van der Waals surface area (Å²) >= 11 is 0. The minimum atomic E-state index is -4.43. The fourth-order valence-corrected chi connectivity index (χ4v) is 3.14. The Bertz CT molecular complexity index is 798. The van der Waals surface area contributed by atoms with Gasteiger partial charge in [0.25, 0.3) is 5.91 Å². The van der Waals surface area contributed by atoms with Crippen molar-refractivity contribution < 1.29 is 22.8 Å². The molecule has 0 spiro atoms. The number of hydrogen-bond acceptors (Lipinski definition) is 4. The highest BCUT2D eigenvalue weighted by Gasteiger charge is 2.43. The van der Waals surface area contributed by atoms with E-state index in [-0.39, 0.29) is 24.4 Å². The predicted molar refractivity (Wildman–Crippen MR) is 97.3 cm³/mol. The number of hydrogen-bond donors (Lipinski definition) is 3. The summed E-state index contributed by atoms with van der Waals surface area (Å²) in [4.78, 5) is 28.6. The maximum Gasteiger partial charge on any atom is 0.405 e. The Morgan fingerprint density at radius 1 is 1.04 bits per heavy atom. The highest BCUT2D eigenvalue weighted by molar-refractivity contribution is 6.09. The molecule has 0 saturated carbocycles. The van der Waals surface area contributed by atoms with E-state index in [9.17, 15) is 22.8 Å². The van der Waals surface area contributed by atoms with Gasteiger partial charge in [0, 0.05) is 61.8 Å². The first-order valence-electron chi connectivity index (χ1n) is 8.93. The van der Waals surface area contributed by atoms with Crippen LogP contribution in [0, 0.1) is 0 Å². The Balaban J connectivity index is 1.62. The molecule has 1 aromatic heterocycles. The zero-order valence-corrected chi connectivity index (χ0v) is 15.1. The number of piperazine rings is 1. The lowest BCUT2D eigenvalue weighted by atomic mass is 10.0. The summed E-state index contributed by atoms with van der Waals surface area (Å²) in [6, 6.07) is 5.75. The van der Waals surface area contributed by atoms with Gasteiger partial charge < -0.3 is 15.6 Å². The van der Waals surface area contributed by atoms with Gasteiger partial charge in [-0.2, -0.15) is 13.2 Å². The van der Waals surface area contributed by atoms with Crippen LogP contribution in [0.1, 0.15) is 26.3 Å². The largest absolute Gasteiger partial charge is 0.405 e. The number of aromatic nitrogens is 1. The Morgan fingerprint density at radius 3 is 2.25 bits per heavy atom. The zero-order valence-electron chi connectivity index (χ0n) is 15.1. The van der Waals surface area contributed by atoms with Crippen LogP contribution in [0.25, 0.3) is 0 Å². The summed E-state index contributed by atoms with van der Waals surface area (Å²) < 4.78 is 40.1. The maximum atomic E-state index is 13.4. The number of aromatic amines is 1. The van der Waals surface area contributed by atoms with E-state index < -0.39 is 24.7 Å². The molecule has 1 atom stereocenters. The summed E-state index contributed by atoms with van der Waals surface area (Å²) in [6.45, 7) is 0.993. The average Bonchev–Trinajstić information content (AvgIpc) is 3.22. The smallest absolute Gasteiger partial charge is 0.367 e. The van der Waals surface area contributed by atoms with Crippen molar-refractivity contribution in [2.75, 3.05) is 32.7 Å². The molecule has 150 valence electrons. The van der Waals surface area contributed by atoms with Crippen molar-refractivity contribution >= 4 is 11.7 Å². The van der Waals surface area contributed by atoms with Crippen molar-refractivity contribution in [3.8, 4) is 0 Å². The van der Waals surface area contributed by atoms with Gasteiger partial charge in [0.05, 0.1) is 0 Å². The lowest BCUT2D eigenvalue weighted by molar-refractivity contribution is -0.183. The van der Waals surface area contributed by atoms with Gasteiger partial charge in [-0.1, -0.05) is 12.1 Å². The molecule has 3 N–H and O–H groups in total. The van der Waals surface area contributed by atoms with Crippen LogP contribution < -0.4 is 10.6 Å². The van der Waals surface area contributed by atoms with E-state index in [1.807, 2.05) is 0 Å². The zero-order chi connectivity index (χ0) is 20.1. The quantitative estimate of drug-likeness (QED) is 0.654. The Labute approximate surface area is 160 Å². The second-order valence-electron chi connectivity index (χ2n) is 6.56. The number of carbonyl (C=O) groups excluding carboxylic acids is 2. The summed E-state index contributed by atoms with van der Waals surface area (Å²) in [6.07, 6.45) is -1.24. The third kappa shape index (κ3) is 4.79. The molecule has 1 aliphatic heterocycles. The normalized spacial score (nSPS) is 16.5. The first kappa shape index (κ1) is 20.1. The molecule has 9 heteroatoms. The molecule has 3 rings (SSSR count). The number of nitrogens with one attached hydrogen (secondary N) is 3. The van der Waals surface area contributed by atoms with Gasteiger partial charge in [-0.05, 0) is 18.2 Å². The number of amides is 1. The van der Waals surface area contributed by atoms with Crippen LogP contribution in [-0.2, 0) is 0 Å². The molecular weight excluding hydrogens is 373 g/mol. The summed E-state index contributed by atoms with van der Waals surface area (Å²) in [5, 5.41) is 5.38. The molecule has 6 nitrogen and oxygen atoms in total. The summed E-state index contributed by atoms with van der Waals surface area (Å²) in [7, 11) is 0. The highest BCUT2D eigenvalue weighted by atomic mass is 19.4. The van der Waals surface area contributed by atoms with E-state index in [2.05, 4.69) is 15.6 Å². The van der Waals surface area contributed by atoms with Gasteiger partial charge in [-0.15, -0.1) is 0 Å². The third-order valence-corrected chi connectivity index (χ3v) is 4.70. The maximum absolute atomic E-state index is 13.4. The minimum Gasteiger partial charge on any atom is -0.367 e. The molecule has 1 saturated heterocycles. The summed E-state index contributed by atoms with van der Waals surface area (Å²) in [5.74, 6) is -0.811. The monoisotopic (exact) mass is 394 g/mol. The number of carbonyl (C=O) groups is 2. The predicted octanol–water partition coefficient (Wildman–Crippen LogP) is 1.81. The number of ketones is 1. The number of benzene rings is 1. The van der Waals surface area contributed by atoms with E-state index in [1.165, 1.54) is 29.2 Å². The van der Waals surface area contributed by atoms with E-state index in [4.69, 9.17) is 0 Å². The molecular formula is C19H21F3N4O2. The average molecular weight is 394 g/mol. The minimum absolute atomic E-state index is 0.201. The van der Waals surface area contributed by atoms with Gasteiger partial charge in [-0.25, -0.2) is 0 Å². The van der Waals surface area contributed by atoms with Crippen molar-refractivity contribution in [1.29, 1.82) is 0 Å². The van der Waals surface area contributed by atoms with Crippen LogP contribution in [0.15, 0.2) is 42.7 Å². The Hall–Kier alpha value is -2.65. The highest BCUT2D eigenvalue weighted by Crippen LogP contribution is 2.25. The van der Waals surface area contributed by atoms with E-state index >= 15 is 0 Å². The second-order valence-corrected chi connectivity index (χ2v) is 6.56. The number of H-pyrrole nitrogens is 1. The SMILES string of the molecule is O=C(NCC(N1CCNCC1)C(F)(F)F)c1ccc(C(=O)c2cc[nH]c2)cc1. The van der Waals surface area contributed by atoms with Crippen molar-refractivity contribution in [3.05, 3.63) is 59.4 Å². The lowest BCUT2D eigenvalue weighted by Gasteiger charge is -2.35. The molecule has 1 aliphatic rings. The molecule has 0 bridgehead atoms. The number of alkyl halides is 3. The van der Waals surface area contributed by atoms with Gasteiger partial charge in [0.15, 0.2) is 5.78 Å². The number of halogens is 3.